The van der Waals surface area contributed by atoms with Crippen LogP contribution in [0, 0.1) is 16.7 Å². The lowest BCUT2D eigenvalue weighted by Gasteiger charge is -2.41. The Morgan fingerprint density at radius 3 is 2.67 bits per heavy atom. The molecule has 3 aliphatic rings. The van der Waals surface area contributed by atoms with Gasteiger partial charge in [-0.3, -0.25) is 0 Å². The molecule has 0 spiro atoms. The van der Waals surface area contributed by atoms with Gasteiger partial charge in [0.15, 0.2) is 0 Å². The van der Waals surface area contributed by atoms with Crippen LogP contribution in [0.4, 0.5) is 0 Å². The number of rotatable bonds is 2. The number of phenols is 1. The molecule has 4 atom stereocenters. The van der Waals surface area contributed by atoms with Gasteiger partial charge in [-0.15, -0.1) is 0 Å². The van der Waals surface area contributed by atoms with Gasteiger partial charge >= 0.3 is 0 Å². The van der Waals surface area contributed by atoms with E-state index in [2.05, 4.69) is 32.2 Å². The highest BCUT2D eigenvalue weighted by Gasteiger charge is 2.61. The highest BCUT2D eigenvalue weighted by molar-refractivity contribution is 5.44. The van der Waals surface area contributed by atoms with Crippen LogP contribution in [0.1, 0.15) is 63.6 Å². The summed E-state index contributed by atoms with van der Waals surface area (Å²) in [7, 11) is 0. The Morgan fingerprint density at radius 2 is 2.00 bits per heavy atom. The number of nitrogens with one attached hydrogen (secondary N) is 1. The molecule has 0 aromatic heterocycles. The van der Waals surface area contributed by atoms with E-state index in [-0.39, 0.29) is 0 Å². The van der Waals surface area contributed by atoms with E-state index >= 15 is 0 Å². The Kier molecular flexibility index (Phi) is 2.76. The minimum absolute atomic E-state index is 0.428. The van der Waals surface area contributed by atoms with Crippen molar-refractivity contribution in [1.29, 1.82) is 0 Å². The number of fused-ring (bicyclic) bond motifs is 3. The van der Waals surface area contributed by atoms with E-state index in [9.17, 15) is 5.11 Å². The van der Waals surface area contributed by atoms with Gasteiger partial charge in [0, 0.05) is 12.1 Å². The first kappa shape index (κ1) is 13.6. The Bertz CT molecular complexity index is 579. The van der Waals surface area contributed by atoms with Gasteiger partial charge in [0.1, 0.15) is 5.75 Å². The normalized spacial score (nSPS) is 39.7. The molecule has 2 bridgehead atoms. The largest absolute Gasteiger partial charge is 0.508 e. The van der Waals surface area contributed by atoms with Crippen LogP contribution in [0.5, 0.6) is 5.75 Å². The highest BCUT2D eigenvalue weighted by Crippen LogP contribution is 2.65. The number of hydrogen-bond acceptors (Lipinski definition) is 2. The fourth-order valence-corrected chi connectivity index (χ4v) is 5.51. The van der Waals surface area contributed by atoms with Crippen molar-refractivity contribution in [3.8, 4) is 5.75 Å². The second-order valence-corrected chi connectivity index (χ2v) is 8.27. The summed E-state index contributed by atoms with van der Waals surface area (Å²) in [6.45, 7) is 7.44. The lowest BCUT2D eigenvalue weighted by Crippen LogP contribution is -2.45. The van der Waals surface area contributed by atoms with Crippen molar-refractivity contribution in [2.45, 2.75) is 65.0 Å². The quantitative estimate of drug-likeness (QED) is 0.854. The third-order valence-corrected chi connectivity index (χ3v) is 7.44. The van der Waals surface area contributed by atoms with Gasteiger partial charge in [0.25, 0.3) is 0 Å². The van der Waals surface area contributed by atoms with E-state index in [0.717, 1.165) is 18.8 Å². The topological polar surface area (TPSA) is 32.3 Å². The Hall–Kier alpha value is -1.02. The van der Waals surface area contributed by atoms with Crippen molar-refractivity contribution in [2.75, 3.05) is 0 Å². The second kappa shape index (κ2) is 4.25. The predicted octanol–water partition coefficient (Wildman–Crippen LogP) is 4.18. The van der Waals surface area contributed by atoms with Gasteiger partial charge in [-0.2, -0.15) is 0 Å². The summed E-state index contributed by atoms with van der Waals surface area (Å²) in [5, 5.41) is 14.0. The van der Waals surface area contributed by atoms with Crippen molar-refractivity contribution < 1.29 is 5.11 Å². The number of benzene rings is 1. The summed E-state index contributed by atoms with van der Waals surface area (Å²) in [5.74, 6) is 1.36. The van der Waals surface area contributed by atoms with E-state index < -0.39 is 0 Å². The molecular weight excluding hydrogens is 258 g/mol. The molecule has 114 valence electrons. The average molecular weight is 285 g/mol. The molecule has 3 aliphatic carbocycles. The van der Waals surface area contributed by atoms with Crippen molar-refractivity contribution >= 4 is 0 Å². The maximum absolute atomic E-state index is 10.0. The second-order valence-electron chi connectivity index (χ2n) is 8.27. The molecule has 0 aliphatic heterocycles. The van der Waals surface area contributed by atoms with Gasteiger partial charge in [-0.25, -0.2) is 0 Å². The van der Waals surface area contributed by atoms with Crippen molar-refractivity contribution in [1.82, 2.24) is 5.32 Å². The smallest absolute Gasteiger partial charge is 0.119 e. The molecule has 1 aromatic carbocycles. The van der Waals surface area contributed by atoms with Crippen LogP contribution in [0.25, 0.3) is 0 Å². The monoisotopic (exact) mass is 285 g/mol. The minimum Gasteiger partial charge on any atom is -0.508 e. The molecule has 2 N–H and O–H groups in total. The molecule has 2 heteroatoms. The molecular formula is C19H27NO. The van der Waals surface area contributed by atoms with E-state index in [1.54, 1.807) is 0 Å². The molecule has 0 amide bonds. The third kappa shape index (κ3) is 1.69. The van der Waals surface area contributed by atoms with Crippen molar-refractivity contribution in [3.05, 3.63) is 29.3 Å². The maximum Gasteiger partial charge on any atom is 0.119 e. The van der Waals surface area contributed by atoms with E-state index in [0.29, 0.717) is 28.7 Å². The molecule has 2 nitrogen and oxygen atoms in total. The van der Waals surface area contributed by atoms with Gasteiger partial charge in [-0.05, 0) is 66.0 Å². The summed E-state index contributed by atoms with van der Waals surface area (Å²) in [4.78, 5) is 0. The van der Waals surface area contributed by atoms with Crippen molar-refractivity contribution in [3.63, 3.8) is 0 Å². The van der Waals surface area contributed by atoms with Crippen LogP contribution >= 0.6 is 0 Å². The third-order valence-electron chi connectivity index (χ3n) is 7.44. The van der Waals surface area contributed by atoms with Gasteiger partial charge in [0.05, 0.1) is 0 Å². The van der Waals surface area contributed by atoms with Gasteiger partial charge < -0.3 is 10.4 Å². The average Bonchev–Trinajstić information content (AvgIpc) is 3.00. The van der Waals surface area contributed by atoms with Crippen LogP contribution in [-0.4, -0.2) is 11.1 Å². The number of hydrogen-bond donors (Lipinski definition) is 2. The first-order valence-electron chi connectivity index (χ1n) is 8.50. The molecule has 4 unspecified atom stereocenters. The highest BCUT2D eigenvalue weighted by atomic mass is 16.3. The molecule has 4 rings (SSSR count). The first-order valence-corrected chi connectivity index (χ1v) is 8.50. The van der Waals surface area contributed by atoms with Crippen LogP contribution in [0.2, 0.25) is 0 Å². The van der Waals surface area contributed by atoms with E-state index in [1.165, 1.54) is 30.4 Å². The zero-order chi connectivity index (χ0) is 14.8. The standard InChI is InChI=1S/C19H27NO/c1-18(2)12-9-10-19(18,3)17(11-12)20-15-8-7-14-13(15)5-4-6-16(14)21/h4-6,12,15,17,20-21H,7-11H2,1-3H3. The zero-order valence-electron chi connectivity index (χ0n) is 13.4. The van der Waals surface area contributed by atoms with Crippen LogP contribution in [0.3, 0.4) is 0 Å². The molecule has 2 saturated carbocycles. The van der Waals surface area contributed by atoms with Crippen LogP contribution in [-0.2, 0) is 6.42 Å². The predicted molar refractivity (Wildman–Crippen MR) is 85.3 cm³/mol. The lowest BCUT2D eigenvalue weighted by atomic mass is 9.69. The van der Waals surface area contributed by atoms with Gasteiger partial charge in [-0.1, -0.05) is 32.9 Å². The Labute approximate surface area is 128 Å². The number of phenolic OH excluding ortho intramolecular Hbond substituents is 1. The summed E-state index contributed by atoms with van der Waals surface area (Å²) >= 11 is 0. The molecule has 0 saturated heterocycles. The molecule has 0 radical (unpaired) electrons. The Balaban J connectivity index is 1.59. The van der Waals surface area contributed by atoms with E-state index in [4.69, 9.17) is 0 Å². The SMILES string of the molecule is CC1(C)C2CCC1(C)C(NC1CCc3c(O)cccc31)C2. The zero-order valence-corrected chi connectivity index (χ0v) is 13.4. The van der Waals surface area contributed by atoms with Crippen LogP contribution < -0.4 is 5.32 Å². The summed E-state index contributed by atoms with van der Waals surface area (Å²) in [6, 6.07) is 7.07. The molecule has 2 fully saturated rings. The summed E-state index contributed by atoms with van der Waals surface area (Å²) in [6.07, 6.45) is 6.24. The fourth-order valence-electron chi connectivity index (χ4n) is 5.51. The molecule has 0 heterocycles. The van der Waals surface area contributed by atoms with Gasteiger partial charge in [0.2, 0.25) is 0 Å². The molecule has 21 heavy (non-hydrogen) atoms. The summed E-state index contributed by atoms with van der Waals surface area (Å²) < 4.78 is 0. The first-order chi connectivity index (χ1) is 9.93. The Morgan fingerprint density at radius 1 is 1.19 bits per heavy atom. The maximum atomic E-state index is 10.0. The fraction of sp³-hybridized carbons (Fsp3) is 0.684. The minimum atomic E-state index is 0.428. The lowest BCUT2D eigenvalue weighted by molar-refractivity contribution is 0.115. The van der Waals surface area contributed by atoms with E-state index in [1.807, 2.05) is 12.1 Å². The summed E-state index contributed by atoms with van der Waals surface area (Å²) in [5.41, 5.74) is 3.39. The van der Waals surface area contributed by atoms with Crippen molar-refractivity contribution in [2.24, 2.45) is 16.7 Å². The van der Waals surface area contributed by atoms with Crippen LogP contribution in [0.15, 0.2) is 18.2 Å². The molecule has 1 aromatic rings. The number of aromatic hydroxyl groups is 1.